The van der Waals surface area contributed by atoms with E-state index in [0.717, 1.165) is 5.39 Å². The zero-order chi connectivity index (χ0) is 26.4. The Kier molecular flexibility index (Phi) is 7.68. The van der Waals surface area contributed by atoms with Gasteiger partial charge in [0, 0.05) is 35.5 Å². The molecule has 2 N–H and O–H groups in total. The molecule has 2 amide bonds. The molecule has 0 atom stereocenters. The zero-order valence-corrected chi connectivity index (χ0v) is 21.1. The van der Waals surface area contributed by atoms with Gasteiger partial charge in [-0.25, -0.2) is 4.79 Å². The van der Waals surface area contributed by atoms with Gasteiger partial charge < -0.3 is 39.1 Å². The molecule has 0 saturated heterocycles. The van der Waals surface area contributed by atoms with Crippen LogP contribution in [-0.2, 0) is 0 Å². The summed E-state index contributed by atoms with van der Waals surface area (Å²) in [5, 5.41) is 6.31. The van der Waals surface area contributed by atoms with Gasteiger partial charge in [-0.15, -0.1) is 0 Å². The van der Waals surface area contributed by atoms with Crippen LogP contribution in [0.2, 0.25) is 0 Å². The third kappa shape index (κ3) is 5.53. The van der Waals surface area contributed by atoms with E-state index < -0.39 is 6.03 Å². The van der Waals surface area contributed by atoms with Crippen LogP contribution in [0.1, 0.15) is 0 Å². The highest BCUT2D eigenvalue weighted by Crippen LogP contribution is 2.40. The van der Waals surface area contributed by atoms with Crippen molar-refractivity contribution in [1.82, 2.24) is 4.98 Å². The Hall–Kier alpha value is -4.86. The second-order valence-electron chi connectivity index (χ2n) is 7.65. The first-order chi connectivity index (χ1) is 18.0. The minimum atomic E-state index is -0.441. The van der Waals surface area contributed by atoms with Crippen molar-refractivity contribution in [1.29, 1.82) is 0 Å². The maximum atomic E-state index is 12.6. The third-order valence-electron chi connectivity index (χ3n) is 5.47. The summed E-state index contributed by atoms with van der Waals surface area (Å²) >= 11 is 0. The van der Waals surface area contributed by atoms with Crippen LogP contribution in [0.5, 0.6) is 40.2 Å². The van der Waals surface area contributed by atoms with Gasteiger partial charge in [0.05, 0.1) is 46.8 Å². The second kappa shape index (κ2) is 11.3. The van der Waals surface area contributed by atoms with Gasteiger partial charge in [0.15, 0.2) is 23.0 Å². The van der Waals surface area contributed by atoms with Crippen LogP contribution >= 0.6 is 0 Å². The fourth-order valence-electron chi connectivity index (χ4n) is 3.72. The molecule has 0 radical (unpaired) electrons. The molecule has 0 aliphatic carbocycles. The normalized spacial score (nSPS) is 10.4. The molecule has 10 nitrogen and oxygen atoms in total. The van der Waals surface area contributed by atoms with Crippen LogP contribution in [0.25, 0.3) is 10.9 Å². The smallest absolute Gasteiger partial charge is 0.323 e. The van der Waals surface area contributed by atoms with E-state index in [9.17, 15) is 4.79 Å². The van der Waals surface area contributed by atoms with Gasteiger partial charge in [-0.1, -0.05) is 0 Å². The van der Waals surface area contributed by atoms with E-state index in [-0.39, 0.29) is 0 Å². The van der Waals surface area contributed by atoms with Crippen molar-refractivity contribution in [3.8, 4) is 40.2 Å². The van der Waals surface area contributed by atoms with Gasteiger partial charge in [0.25, 0.3) is 0 Å². The maximum absolute atomic E-state index is 12.6. The first kappa shape index (κ1) is 25.2. The molecule has 1 aromatic heterocycles. The van der Waals surface area contributed by atoms with Crippen molar-refractivity contribution >= 4 is 28.3 Å². The van der Waals surface area contributed by atoms with E-state index >= 15 is 0 Å². The molecule has 4 aromatic rings. The molecule has 1 heterocycles. The van der Waals surface area contributed by atoms with Crippen LogP contribution in [-0.4, -0.2) is 46.6 Å². The van der Waals surface area contributed by atoms with E-state index in [4.69, 9.17) is 28.4 Å². The number of hydrogen-bond acceptors (Lipinski definition) is 8. The number of aromatic nitrogens is 1. The largest absolute Gasteiger partial charge is 0.493 e. The minimum absolute atomic E-state index is 0.429. The average Bonchev–Trinajstić information content (AvgIpc) is 2.92. The first-order valence-corrected chi connectivity index (χ1v) is 11.2. The number of ether oxygens (including phenoxy) is 6. The molecule has 37 heavy (non-hydrogen) atoms. The number of rotatable bonds is 9. The van der Waals surface area contributed by atoms with Crippen molar-refractivity contribution < 1.29 is 33.2 Å². The second-order valence-corrected chi connectivity index (χ2v) is 7.65. The Morgan fingerprint density at radius 3 is 1.84 bits per heavy atom. The van der Waals surface area contributed by atoms with Crippen molar-refractivity contribution in [3.63, 3.8) is 0 Å². The Morgan fingerprint density at radius 2 is 1.24 bits per heavy atom. The molecule has 4 rings (SSSR count). The lowest BCUT2D eigenvalue weighted by atomic mass is 10.2. The monoisotopic (exact) mass is 505 g/mol. The Morgan fingerprint density at radius 1 is 0.649 bits per heavy atom. The SMILES string of the molecule is COc1cc2nccc(Oc3ccc(NC(=O)Nc4cc(OC)c(OC)c(OC)c4)cc3)c2cc1OC. The van der Waals surface area contributed by atoms with E-state index in [1.807, 2.05) is 6.07 Å². The number of nitrogens with zero attached hydrogens (tertiary/aromatic N) is 1. The lowest BCUT2D eigenvalue weighted by Gasteiger charge is -2.15. The zero-order valence-electron chi connectivity index (χ0n) is 21.1. The number of carbonyl (C=O) groups excluding carboxylic acids is 1. The molecule has 0 aliphatic heterocycles. The van der Waals surface area contributed by atoms with Crippen molar-refractivity contribution in [2.24, 2.45) is 0 Å². The summed E-state index contributed by atoms with van der Waals surface area (Å²) in [6, 6.07) is 15.2. The quantitative estimate of drug-likeness (QED) is 0.298. The van der Waals surface area contributed by atoms with Crippen LogP contribution in [0.15, 0.2) is 60.8 Å². The van der Waals surface area contributed by atoms with Gasteiger partial charge in [-0.3, -0.25) is 4.98 Å². The number of benzene rings is 3. The van der Waals surface area contributed by atoms with Gasteiger partial charge >= 0.3 is 6.03 Å². The fraction of sp³-hybridized carbons (Fsp3) is 0.185. The summed E-state index contributed by atoms with van der Waals surface area (Å²) in [6.07, 6.45) is 1.66. The summed E-state index contributed by atoms with van der Waals surface area (Å²) in [7, 11) is 7.67. The Balaban J connectivity index is 1.47. The van der Waals surface area contributed by atoms with Crippen molar-refractivity contribution in [2.75, 3.05) is 46.2 Å². The molecule has 0 aliphatic rings. The Labute approximate surface area is 214 Å². The number of urea groups is 1. The topological polar surface area (TPSA) is 109 Å². The maximum Gasteiger partial charge on any atom is 0.323 e. The van der Waals surface area contributed by atoms with Gasteiger partial charge in [-0.05, 0) is 36.4 Å². The van der Waals surface area contributed by atoms with Crippen LogP contribution in [0.3, 0.4) is 0 Å². The lowest BCUT2D eigenvalue weighted by Crippen LogP contribution is -2.19. The highest BCUT2D eigenvalue weighted by molar-refractivity contribution is 6.00. The molecule has 10 heteroatoms. The van der Waals surface area contributed by atoms with E-state index in [2.05, 4.69) is 15.6 Å². The number of hydrogen-bond donors (Lipinski definition) is 2. The predicted octanol–water partition coefficient (Wildman–Crippen LogP) is 5.71. The molecule has 0 bridgehead atoms. The van der Waals surface area contributed by atoms with Crippen molar-refractivity contribution in [3.05, 3.63) is 60.8 Å². The summed E-state index contributed by atoms with van der Waals surface area (Å²) in [6.45, 7) is 0. The van der Waals surface area contributed by atoms with Gasteiger partial charge in [0.1, 0.15) is 11.5 Å². The molecule has 0 unspecified atom stereocenters. The number of carbonyl (C=O) groups is 1. The van der Waals surface area contributed by atoms with Crippen molar-refractivity contribution in [2.45, 2.75) is 0 Å². The molecule has 0 spiro atoms. The van der Waals surface area contributed by atoms with Crippen LogP contribution in [0, 0.1) is 0 Å². The predicted molar refractivity (Wildman–Crippen MR) is 140 cm³/mol. The van der Waals surface area contributed by atoms with E-state index in [1.165, 1.54) is 21.3 Å². The molecule has 0 fully saturated rings. The van der Waals surface area contributed by atoms with Crippen LogP contribution < -0.4 is 39.1 Å². The Bertz CT molecular complexity index is 1380. The summed E-state index contributed by atoms with van der Waals surface area (Å²) in [5.74, 6) is 3.64. The number of anilines is 2. The number of amides is 2. The molecular weight excluding hydrogens is 478 g/mol. The highest BCUT2D eigenvalue weighted by atomic mass is 16.5. The fourth-order valence-corrected chi connectivity index (χ4v) is 3.72. The van der Waals surface area contributed by atoms with Gasteiger partial charge in [0.2, 0.25) is 5.75 Å². The summed E-state index contributed by atoms with van der Waals surface area (Å²) in [5.41, 5.74) is 1.75. The number of methoxy groups -OCH3 is 5. The number of nitrogens with one attached hydrogen (secondary N) is 2. The third-order valence-corrected chi connectivity index (χ3v) is 5.47. The molecule has 3 aromatic carbocycles. The number of fused-ring (bicyclic) bond motifs is 1. The molecule has 0 saturated carbocycles. The van der Waals surface area contributed by atoms with E-state index in [0.29, 0.717) is 57.1 Å². The lowest BCUT2D eigenvalue weighted by molar-refractivity contribution is 0.262. The first-order valence-electron chi connectivity index (χ1n) is 11.2. The molecule has 192 valence electrons. The van der Waals surface area contributed by atoms with Crippen LogP contribution in [0.4, 0.5) is 16.2 Å². The summed E-state index contributed by atoms with van der Waals surface area (Å²) < 4.78 is 32.8. The minimum Gasteiger partial charge on any atom is -0.493 e. The molecular formula is C27H27N3O7. The highest BCUT2D eigenvalue weighted by Gasteiger charge is 2.15. The number of pyridine rings is 1. The average molecular weight is 506 g/mol. The standard InChI is InChI=1S/C27H27N3O7/c1-32-22-14-19-20(15-23(22)33-2)28-11-10-21(19)37-18-8-6-16(7-9-18)29-27(31)30-17-12-24(34-3)26(36-5)25(13-17)35-4/h6-15H,1-5H3,(H2,29,30,31). The van der Waals surface area contributed by atoms with E-state index in [1.54, 1.807) is 68.9 Å². The van der Waals surface area contributed by atoms with Gasteiger partial charge in [-0.2, -0.15) is 0 Å². The summed E-state index contributed by atoms with van der Waals surface area (Å²) in [4.78, 5) is 17.0.